The summed E-state index contributed by atoms with van der Waals surface area (Å²) in [5, 5.41) is 5.97. The highest BCUT2D eigenvalue weighted by atomic mass is 32.1. The highest BCUT2D eigenvalue weighted by Gasteiger charge is 2.48. The van der Waals surface area contributed by atoms with Crippen LogP contribution in [0.2, 0.25) is 0 Å². The van der Waals surface area contributed by atoms with Crippen LogP contribution in [-0.4, -0.2) is 11.4 Å². The monoisotopic (exact) mass is 899 g/mol. The standard InChI is InChI=1S/C62H54BN3OS/c1-60(2,3)37-24-28-42(29-25-37)66-49-31-26-38(61(4,5)6)34-45(49)52-53-44-22-16-17-23-50(44)67-58(53)54-46-36-43(64(40-18-12-10-13-19-40)41-20-14-11-15-21-41)30-32-48(46)65-56-47-35-39(62(7,8)9)27-33-51(47)68-59(56)63(66)55(52)57(54)65/h10-36H,1-9H3. The maximum atomic E-state index is 7.33. The number of aromatic nitrogens is 1. The van der Waals surface area contributed by atoms with E-state index in [1.54, 1.807) is 0 Å². The van der Waals surface area contributed by atoms with Crippen LogP contribution in [-0.2, 0) is 16.2 Å². The van der Waals surface area contributed by atoms with Crippen LogP contribution in [0, 0.1) is 0 Å². The van der Waals surface area contributed by atoms with Gasteiger partial charge in [0.25, 0.3) is 0 Å². The van der Waals surface area contributed by atoms with E-state index < -0.39 is 0 Å². The normalized spacial score (nSPS) is 13.6. The molecule has 0 atom stereocenters. The number of hydrogen-bond donors (Lipinski definition) is 0. The zero-order valence-electron chi connectivity index (χ0n) is 40.3. The van der Waals surface area contributed by atoms with E-state index in [4.69, 9.17) is 4.42 Å². The summed E-state index contributed by atoms with van der Waals surface area (Å²) in [6, 6.07) is 61.3. The summed E-state index contributed by atoms with van der Waals surface area (Å²) in [6.45, 7) is 20.8. The Morgan fingerprint density at radius 2 is 1.15 bits per heavy atom. The Kier molecular flexibility index (Phi) is 8.64. The molecule has 0 unspecified atom stereocenters. The summed E-state index contributed by atoms with van der Waals surface area (Å²) in [7, 11) is 0. The summed E-state index contributed by atoms with van der Waals surface area (Å²) >= 11 is 1.96. The lowest BCUT2D eigenvalue weighted by molar-refractivity contribution is 0.590. The van der Waals surface area contributed by atoms with Crippen molar-refractivity contribution < 1.29 is 4.42 Å². The molecule has 0 bridgehead atoms. The van der Waals surface area contributed by atoms with Crippen LogP contribution in [0.1, 0.15) is 79.0 Å². The van der Waals surface area contributed by atoms with Gasteiger partial charge in [-0.25, -0.2) is 0 Å². The zero-order chi connectivity index (χ0) is 46.6. The van der Waals surface area contributed by atoms with Crippen LogP contribution in [0.4, 0.5) is 28.4 Å². The lowest BCUT2D eigenvalue weighted by atomic mass is 9.46. The molecule has 0 saturated carbocycles. The predicted molar refractivity (Wildman–Crippen MR) is 293 cm³/mol. The molecule has 68 heavy (non-hydrogen) atoms. The van der Waals surface area contributed by atoms with Gasteiger partial charge in [-0.15, -0.1) is 11.3 Å². The van der Waals surface area contributed by atoms with Gasteiger partial charge in [-0.1, -0.05) is 141 Å². The van der Waals surface area contributed by atoms with Crippen LogP contribution >= 0.6 is 11.3 Å². The van der Waals surface area contributed by atoms with Gasteiger partial charge in [0.15, 0.2) is 0 Å². The van der Waals surface area contributed by atoms with Gasteiger partial charge in [0.2, 0.25) is 0 Å². The number of nitrogens with zero attached hydrogens (tertiary/aromatic N) is 3. The van der Waals surface area contributed by atoms with Gasteiger partial charge in [0, 0.05) is 65.0 Å². The molecule has 4 nitrogen and oxygen atoms in total. The lowest BCUT2D eigenvalue weighted by Gasteiger charge is -2.42. The third-order valence-corrected chi connectivity index (χ3v) is 16.0. The molecule has 0 spiro atoms. The molecule has 332 valence electrons. The molecule has 2 aliphatic heterocycles. The van der Waals surface area contributed by atoms with Gasteiger partial charge >= 0.3 is 6.85 Å². The van der Waals surface area contributed by atoms with E-state index in [1.807, 2.05) is 11.3 Å². The van der Waals surface area contributed by atoms with Gasteiger partial charge in [-0.05, 0) is 129 Å². The Morgan fingerprint density at radius 1 is 0.529 bits per heavy atom. The number of rotatable bonds is 4. The third-order valence-electron chi connectivity index (χ3n) is 14.8. The van der Waals surface area contributed by atoms with Crippen molar-refractivity contribution in [2.75, 3.05) is 9.71 Å². The minimum absolute atomic E-state index is 0.0251. The number of thiophene rings is 1. The molecule has 0 aliphatic carbocycles. The molecule has 0 amide bonds. The van der Waals surface area contributed by atoms with Crippen molar-refractivity contribution in [3.05, 3.63) is 180 Å². The second-order valence-corrected chi connectivity index (χ2v) is 23.3. The second-order valence-electron chi connectivity index (χ2n) is 22.2. The molecule has 3 aromatic heterocycles. The predicted octanol–water partition coefficient (Wildman–Crippen LogP) is 16.5. The van der Waals surface area contributed by atoms with Gasteiger partial charge < -0.3 is 18.7 Å². The smallest absolute Gasteiger partial charge is 0.343 e. The first kappa shape index (κ1) is 41.2. The number of hydrogen-bond acceptors (Lipinski definition) is 4. The van der Waals surface area contributed by atoms with E-state index in [9.17, 15) is 0 Å². The van der Waals surface area contributed by atoms with E-state index in [1.165, 1.54) is 87.0 Å². The van der Waals surface area contributed by atoms with Gasteiger partial charge in [0.05, 0.1) is 22.1 Å². The fourth-order valence-electron chi connectivity index (χ4n) is 11.3. The Labute approximate surface area is 403 Å². The zero-order valence-corrected chi connectivity index (χ0v) is 41.1. The van der Waals surface area contributed by atoms with E-state index >= 15 is 0 Å². The fourth-order valence-corrected chi connectivity index (χ4v) is 12.6. The summed E-state index contributed by atoms with van der Waals surface area (Å²) in [4.78, 5) is 5.07. The van der Waals surface area contributed by atoms with Crippen LogP contribution in [0.15, 0.2) is 168 Å². The van der Waals surface area contributed by atoms with Crippen molar-refractivity contribution >= 4 is 111 Å². The van der Waals surface area contributed by atoms with Crippen molar-refractivity contribution in [3.8, 4) is 16.8 Å². The van der Waals surface area contributed by atoms with Gasteiger partial charge in [-0.3, -0.25) is 0 Å². The van der Waals surface area contributed by atoms with E-state index in [-0.39, 0.29) is 23.1 Å². The van der Waals surface area contributed by atoms with E-state index in [0.29, 0.717) is 0 Å². The van der Waals surface area contributed by atoms with Crippen LogP contribution in [0.3, 0.4) is 0 Å². The Bertz CT molecular complexity index is 3820. The molecule has 6 heteroatoms. The first-order valence-corrected chi connectivity index (χ1v) is 24.9. The number of furan rings is 1. The summed E-state index contributed by atoms with van der Waals surface area (Å²) < 4.78 is 12.6. The minimum Gasteiger partial charge on any atom is -0.455 e. The van der Waals surface area contributed by atoms with Crippen LogP contribution in [0.5, 0.6) is 0 Å². The second kappa shape index (κ2) is 14.3. The van der Waals surface area contributed by atoms with Crippen LogP contribution < -0.4 is 20.0 Å². The first-order valence-electron chi connectivity index (χ1n) is 24.1. The van der Waals surface area contributed by atoms with Crippen molar-refractivity contribution in [1.82, 2.24) is 4.57 Å². The maximum Gasteiger partial charge on any atom is 0.343 e. The van der Waals surface area contributed by atoms with Gasteiger partial charge in [-0.2, -0.15) is 0 Å². The molecular weight excluding hydrogens is 846 g/mol. The van der Waals surface area contributed by atoms with E-state index in [2.05, 4.69) is 240 Å². The maximum absolute atomic E-state index is 7.33. The van der Waals surface area contributed by atoms with Crippen molar-refractivity contribution in [3.63, 3.8) is 0 Å². The molecule has 2 aliphatic rings. The SMILES string of the molecule is CC(C)(C)c1ccc(N2B3c4sc5ccc(C(C)(C)C)cc5c4-n4c5ccc(N(c6ccccc6)c6ccccc6)cc5c5c6oc7ccccc7c6c(c3c54)-c3cc(C(C)(C)C)ccc32)cc1. The number of fused-ring (bicyclic) bond motifs is 15. The van der Waals surface area contributed by atoms with Crippen molar-refractivity contribution in [2.45, 2.75) is 78.6 Å². The molecular formula is C62H54BN3OS. The highest BCUT2D eigenvalue weighted by molar-refractivity contribution is 7.32. The summed E-state index contributed by atoms with van der Waals surface area (Å²) in [5.74, 6) is 0. The molecule has 0 saturated heterocycles. The number of anilines is 5. The van der Waals surface area contributed by atoms with Crippen molar-refractivity contribution in [1.29, 1.82) is 0 Å². The van der Waals surface area contributed by atoms with Gasteiger partial charge in [0.1, 0.15) is 11.2 Å². The number of para-hydroxylation sites is 3. The van der Waals surface area contributed by atoms with Crippen molar-refractivity contribution in [2.24, 2.45) is 0 Å². The number of benzene rings is 8. The quantitative estimate of drug-likeness (QED) is 0.165. The first-order chi connectivity index (χ1) is 32.6. The average Bonchev–Trinajstić information content (AvgIpc) is 4.00. The Balaban J connectivity index is 1.24. The van der Waals surface area contributed by atoms with Crippen LogP contribution in [0.25, 0.3) is 70.6 Å². The van der Waals surface area contributed by atoms with E-state index in [0.717, 1.165) is 39.0 Å². The Hall–Kier alpha value is -7.02. The molecule has 11 aromatic rings. The molecule has 0 radical (unpaired) electrons. The highest BCUT2D eigenvalue weighted by Crippen LogP contribution is 2.54. The molecule has 13 rings (SSSR count). The molecule has 5 heterocycles. The molecule has 0 fully saturated rings. The minimum atomic E-state index is -0.119. The Morgan fingerprint density at radius 3 is 1.82 bits per heavy atom. The lowest BCUT2D eigenvalue weighted by Crippen LogP contribution is -2.59. The fraction of sp³-hybridized carbons (Fsp3) is 0.194. The third kappa shape index (κ3) is 5.92. The largest absolute Gasteiger partial charge is 0.455 e. The topological polar surface area (TPSA) is 24.6 Å². The molecule has 0 N–H and O–H groups in total. The average molecular weight is 900 g/mol. The summed E-state index contributed by atoms with van der Waals surface area (Å²) in [5.41, 5.74) is 19.0. The molecule has 8 aromatic carbocycles. The summed E-state index contributed by atoms with van der Waals surface area (Å²) in [6.07, 6.45) is 0.